The van der Waals surface area contributed by atoms with Crippen molar-refractivity contribution in [2.24, 2.45) is 5.92 Å². The van der Waals surface area contributed by atoms with Crippen LogP contribution in [0.4, 0.5) is 10.5 Å². The van der Waals surface area contributed by atoms with Crippen molar-refractivity contribution in [1.82, 2.24) is 25.4 Å². The van der Waals surface area contributed by atoms with Gasteiger partial charge >= 0.3 is 6.03 Å². The normalized spacial score (nSPS) is 23.6. The number of aliphatic hydroxyl groups excluding tert-OH is 1. The van der Waals surface area contributed by atoms with E-state index < -0.39 is 33.6 Å². The van der Waals surface area contributed by atoms with Gasteiger partial charge in [-0.2, -0.15) is 9.57 Å². The van der Waals surface area contributed by atoms with Crippen LogP contribution in [0.1, 0.15) is 49.3 Å². The molecule has 286 valence electrons. The van der Waals surface area contributed by atoms with Crippen LogP contribution in [0.15, 0.2) is 59.6 Å². The van der Waals surface area contributed by atoms with Crippen LogP contribution in [0.25, 0.3) is 0 Å². The van der Waals surface area contributed by atoms with Gasteiger partial charge in [-0.25, -0.2) is 18.2 Å². The fourth-order valence-corrected chi connectivity index (χ4v) is 9.98. The Morgan fingerprint density at radius 1 is 1.09 bits per heavy atom. The maximum Gasteiger partial charge on any atom is 0.318 e. The zero-order valence-corrected chi connectivity index (χ0v) is 31.3. The molecular formula is C38H45N7O8S. The molecule has 54 heavy (non-hydrogen) atoms. The number of sulfonamides is 1. The molecule has 3 aromatic rings. The number of nitriles is 1. The third-order valence-corrected chi connectivity index (χ3v) is 12.8. The van der Waals surface area contributed by atoms with Crippen LogP contribution < -0.4 is 29.1 Å². The Labute approximate surface area is 314 Å². The molecule has 0 radical (unpaired) electrons. The van der Waals surface area contributed by atoms with Crippen LogP contribution in [-0.2, 0) is 20.4 Å². The van der Waals surface area contributed by atoms with Crippen molar-refractivity contribution >= 4 is 27.6 Å². The second kappa shape index (κ2) is 15.1. The van der Waals surface area contributed by atoms with Crippen molar-refractivity contribution in [3.8, 4) is 23.4 Å². The predicted molar refractivity (Wildman–Crippen MR) is 197 cm³/mol. The third-order valence-electron chi connectivity index (χ3n) is 11.1. The predicted octanol–water partition coefficient (Wildman–Crippen LogP) is 2.57. The molecule has 0 bridgehead atoms. The van der Waals surface area contributed by atoms with Crippen LogP contribution in [0.3, 0.4) is 0 Å². The maximum absolute atomic E-state index is 15.3. The summed E-state index contributed by atoms with van der Waals surface area (Å²) < 4.78 is 46.6. The van der Waals surface area contributed by atoms with E-state index >= 15 is 4.79 Å². The van der Waals surface area contributed by atoms with Crippen LogP contribution in [0, 0.1) is 17.2 Å². The van der Waals surface area contributed by atoms with Crippen molar-refractivity contribution in [3.63, 3.8) is 0 Å². The van der Waals surface area contributed by atoms with Crippen LogP contribution in [-0.4, -0.2) is 112 Å². The average Bonchev–Trinajstić information content (AvgIpc) is 3.41. The molecule has 0 aliphatic carbocycles. The second-order valence-electron chi connectivity index (χ2n) is 14.0. The average molecular weight is 760 g/mol. The largest absolute Gasteiger partial charge is 0.497 e. The van der Waals surface area contributed by atoms with E-state index in [1.54, 1.807) is 24.0 Å². The number of pyridine rings is 1. The number of benzene rings is 2. The van der Waals surface area contributed by atoms with Gasteiger partial charge in [0, 0.05) is 55.5 Å². The van der Waals surface area contributed by atoms with Gasteiger partial charge < -0.3 is 34.9 Å². The molecule has 5 heterocycles. The molecule has 0 spiro atoms. The fourth-order valence-electron chi connectivity index (χ4n) is 8.37. The van der Waals surface area contributed by atoms with E-state index in [2.05, 4.69) is 26.6 Å². The van der Waals surface area contributed by atoms with E-state index in [1.807, 2.05) is 0 Å². The third kappa shape index (κ3) is 6.38. The molecule has 15 nitrogen and oxygen atoms in total. The number of hydrogen-bond donors (Lipinski definition) is 3. The molecular weight excluding hydrogens is 715 g/mol. The number of methoxy groups -OCH3 is 2. The lowest BCUT2D eigenvalue weighted by molar-refractivity contribution is -0.121. The highest BCUT2D eigenvalue weighted by molar-refractivity contribution is 7.93. The topological polar surface area (TPSA) is 187 Å². The maximum atomic E-state index is 15.3. The molecule has 7 rings (SSSR count). The van der Waals surface area contributed by atoms with Gasteiger partial charge in [-0.1, -0.05) is 0 Å². The Morgan fingerprint density at radius 3 is 2.57 bits per heavy atom. The number of fused-ring (bicyclic) bond motifs is 1. The van der Waals surface area contributed by atoms with Crippen molar-refractivity contribution < 1.29 is 37.3 Å². The summed E-state index contributed by atoms with van der Waals surface area (Å²) in [6.07, 6.45) is 4.42. The number of hydrogen-bond acceptors (Lipinski definition) is 12. The SMILES string of the molecule is CCOc1ncccc1C1(NC(=O)N2CC([C@@H]3CC(O)CCN3C3CCNCC3)C2)C(=O)N(S(=O)(=O)c2ccc(OC)cc2OC)c2ccc(C#N)cc21. The fraction of sp³-hybridized carbons (Fsp3) is 0.474. The minimum atomic E-state index is -4.73. The molecule has 16 heteroatoms. The summed E-state index contributed by atoms with van der Waals surface area (Å²) >= 11 is 0. The highest BCUT2D eigenvalue weighted by atomic mass is 32.2. The van der Waals surface area contributed by atoms with Gasteiger partial charge in [0.05, 0.1) is 49.8 Å². The van der Waals surface area contributed by atoms with Crippen molar-refractivity contribution in [3.05, 3.63) is 71.4 Å². The van der Waals surface area contributed by atoms with E-state index in [9.17, 15) is 23.6 Å². The van der Waals surface area contributed by atoms with E-state index in [1.165, 1.54) is 56.8 Å². The first-order valence-electron chi connectivity index (χ1n) is 18.2. The number of carbonyl (C=O) groups excluding carboxylic acids is 2. The Kier molecular flexibility index (Phi) is 10.4. The number of carbonyl (C=O) groups is 2. The molecule has 3 atom stereocenters. The summed E-state index contributed by atoms with van der Waals surface area (Å²) in [5.74, 6) is -0.639. The van der Waals surface area contributed by atoms with Crippen molar-refractivity contribution in [2.45, 2.75) is 61.2 Å². The Morgan fingerprint density at radius 2 is 1.87 bits per heavy atom. The van der Waals surface area contributed by atoms with Crippen LogP contribution >= 0.6 is 0 Å². The Balaban J connectivity index is 1.29. The molecule has 2 unspecified atom stereocenters. The first kappa shape index (κ1) is 37.4. The van der Waals surface area contributed by atoms with Gasteiger partial charge in [-0.05, 0) is 88.2 Å². The molecule has 3 saturated heterocycles. The lowest BCUT2D eigenvalue weighted by Gasteiger charge is -2.52. The van der Waals surface area contributed by atoms with Gasteiger partial charge in [0.25, 0.3) is 15.9 Å². The monoisotopic (exact) mass is 759 g/mol. The molecule has 3 fully saturated rings. The number of amides is 3. The molecule has 4 aliphatic heterocycles. The minimum Gasteiger partial charge on any atom is -0.497 e. The molecule has 3 amide bonds. The quantitative estimate of drug-likeness (QED) is 0.275. The highest BCUT2D eigenvalue weighted by Gasteiger charge is 2.60. The number of likely N-dealkylation sites (tertiary alicyclic amines) is 2. The Bertz CT molecular complexity index is 2060. The van der Waals surface area contributed by atoms with E-state index in [0.717, 1.165) is 32.5 Å². The number of piperidine rings is 2. The molecule has 3 N–H and O–H groups in total. The molecule has 1 aromatic heterocycles. The number of rotatable bonds is 10. The number of anilines is 1. The number of aliphatic hydroxyl groups is 1. The van der Waals surface area contributed by atoms with Crippen LogP contribution in [0.2, 0.25) is 0 Å². The van der Waals surface area contributed by atoms with Gasteiger partial charge in [-0.3, -0.25) is 9.69 Å². The highest BCUT2D eigenvalue weighted by Crippen LogP contribution is 2.50. The number of nitrogens with one attached hydrogen (secondary N) is 2. The second-order valence-corrected chi connectivity index (χ2v) is 15.8. The Hall–Kier alpha value is -4.95. The zero-order valence-electron chi connectivity index (χ0n) is 30.5. The standard InChI is InChI=1S/C38H45N7O8S/c1-4-53-35-29(6-5-14-41-35)38(42-37(48)43-22-25(23-43)32-19-27(46)13-17-44(32)26-11-15-40-16-12-26)30-18-24(21-39)7-9-31(30)45(36(38)47)54(49,50)34-10-8-28(51-2)20-33(34)52-3/h5-10,14,18,20,25-27,32,40,46H,4,11-13,15-17,19,22-23H2,1-3H3,(H,42,48)/t27?,32-,38?/m0/s1. The number of ether oxygens (including phenoxy) is 3. The van der Waals surface area contributed by atoms with Crippen molar-refractivity contribution in [2.75, 3.05) is 57.9 Å². The molecule has 2 aromatic carbocycles. The molecule has 0 saturated carbocycles. The summed E-state index contributed by atoms with van der Waals surface area (Å²) in [6.45, 7) is 5.32. The smallest absolute Gasteiger partial charge is 0.318 e. The zero-order chi connectivity index (χ0) is 38.2. The van der Waals surface area contributed by atoms with Crippen molar-refractivity contribution in [1.29, 1.82) is 5.26 Å². The number of nitrogens with zero attached hydrogens (tertiary/aromatic N) is 5. The summed E-state index contributed by atoms with van der Waals surface area (Å²) in [5.41, 5.74) is -1.93. The summed E-state index contributed by atoms with van der Waals surface area (Å²) in [5, 5.41) is 27.0. The van der Waals surface area contributed by atoms with Crippen LogP contribution in [0.5, 0.6) is 17.4 Å². The molecule has 4 aliphatic rings. The van der Waals surface area contributed by atoms with E-state index in [0.29, 0.717) is 42.0 Å². The lowest BCUT2D eigenvalue weighted by Crippen LogP contribution is -2.66. The lowest BCUT2D eigenvalue weighted by atomic mass is 9.81. The van der Waals surface area contributed by atoms with Gasteiger partial charge in [0.1, 0.15) is 16.4 Å². The van der Waals surface area contributed by atoms with E-state index in [4.69, 9.17) is 14.2 Å². The van der Waals surface area contributed by atoms with E-state index in [-0.39, 0.29) is 57.5 Å². The number of urea groups is 1. The number of aromatic nitrogens is 1. The first-order valence-corrected chi connectivity index (χ1v) is 19.7. The summed E-state index contributed by atoms with van der Waals surface area (Å²) in [4.78, 5) is 37.9. The summed E-state index contributed by atoms with van der Waals surface area (Å²) in [7, 11) is -1.99. The summed E-state index contributed by atoms with van der Waals surface area (Å²) in [6, 6.07) is 13.4. The van der Waals surface area contributed by atoms with Gasteiger partial charge in [-0.15, -0.1) is 0 Å². The van der Waals surface area contributed by atoms with Gasteiger partial charge in [0.15, 0.2) is 5.54 Å². The minimum absolute atomic E-state index is 0.0125. The first-order chi connectivity index (χ1) is 26.1. The van der Waals surface area contributed by atoms with Gasteiger partial charge in [0.2, 0.25) is 5.88 Å².